The first-order valence-corrected chi connectivity index (χ1v) is 5.87. The van der Waals surface area contributed by atoms with E-state index in [1.54, 1.807) is 6.07 Å². The highest BCUT2D eigenvalue weighted by molar-refractivity contribution is 5.39. The Morgan fingerprint density at radius 1 is 1.38 bits per heavy atom. The Labute approximate surface area is 94.8 Å². The Balaban J connectivity index is 2.05. The van der Waals surface area contributed by atoms with Crippen molar-refractivity contribution in [3.63, 3.8) is 0 Å². The highest BCUT2D eigenvalue weighted by Crippen LogP contribution is 2.42. The van der Waals surface area contributed by atoms with E-state index in [0.29, 0.717) is 19.1 Å². The summed E-state index contributed by atoms with van der Waals surface area (Å²) in [6.07, 6.45) is 2.41. The van der Waals surface area contributed by atoms with Gasteiger partial charge in [0.15, 0.2) is 0 Å². The first-order chi connectivity index (χ1) is 7.79. The van der Waals surface area contributed by atoms with Gasteiger partial charge in [-0.25, -0.2) is 4.39 Å². The Bertz CT molecular complexity index is 415. The van der Waals surface area contributed by atoms with Gasteiger partial charge in [0.05, 0.1) is 19.3 Å². The second kappa shape index (κ2) is 3.82. The van der Waals surface area contributed by atoms with Gasteiger partial charge in [0.25, 0.3) is 0 Å². The van der Waals surface area contributed by atoms with E-state index in [-0.39, 0.29) is 11.9 Å². The lowest BCUT2D eigenvalue weighted by molar-refractivity contribution is 0.0825. The van der Waals surface area contributed by atoms with Crippen LogP contribution >= 0.6 is 0 Å². The summed E-state index contributed by atoms with van der Waals surface area (Å²) in [6.45, 7) is 1.11. The molecule has 2 nitrogen and oxygen atoms in total. The Kier molecular flexibility index (Phi) is 2.45. The van der Waals surface area contributed by atoms with Gasteiger partial charge in [-0.2, -0.15) is 0 Å². The third kappa shape index (κ3) is 1.64. The number of nitrogens with one attached hydrogen (secondary N) is 1. The van der Waals surface area contributed by atoms with Crippen LogP contribution in [0.25, 0.3) is 0 Å². The van der Waals surface area contributed by atoms with Gasteiger partial charge >= 0.3 is 0 Å². The number of likely N-dealkylation sites (N-methyl/N-ethyl adjacent to an activating group) is 1. The van der Waals surface area contributed by atoms with Crippen LogP contribution < -0.4 is 5.32 Å². The zero-order chi connectivity index (χ0) is 11.1. The lowest BCUT2D eigenvalue weighted by atomic mass is 9.94. The van der Waals surface area contributed by atoms with Gasteiger partial charge in [-0.05, 0) is 43.0 Å². The minimum Gasteiger partial charge on any atom is -0.375 e. The molecule has 0 aromatic heterocycles. The first-order valence-electron chi connectivity index (χ1n) is 5.87. The molecule has 1 aromatic rings. The second-order valence-corrected chi connectivity index (χ2v) is 4.71. The molecule has 3 rings (SSSR count). The van der Waals surface area contributed by atoms with Crippen molar-refractivity contribution in [3.8, 4) is 0 Å². The van der Waals surface area contributed by atoms with E-state index < -0.39 is 0 Å². The van der Waals surface area contributed by atoms with Gasteiger partial charge in [-0.3, -0.25) is 0 Å². The summed E-state index contributed by atoms with van der Waals surface area (Å²) >= 11 is 0. The van der Waals surface area contributed by atoms with E-state index in [0.717, 1.165) is 16.7 Å². The molecule has 1 fully saturated rings. The van der Waals surface area contributed by atoms with Crippen LogP contribution in [0.15, 0.2) is 12.1 Å². The highest BCUT2D eigenvalue weighted by Gasteiger charge is 2.28. The summed E-state index contributed by atoms with van der Waals surface area (Å²) in [7, 11) is 1.84. The Hall–Kier alpha value is -0.930. The van der Waals surface area contributed by atoms with Gasteiger partial charge < -0.3 is 10.1 Å². The van der Waals surface area contributed by atoms with Crippen LogP contribution in [0.5, 0.6) is 0 Å². The number of fused-ring (bicyclic) bond motifs is 1. The van der Waals surface area contributed by atoms with Crippen LogP contribution in [0.4, 0.5) is 4.39 Å². The van der Waals surface area contributed by atoms with Crippen LogP contribution in [-0.2, 0) is 11.3 Å². The maximum atomic E-state index is 14.1. The number of rotatable bonds is 2. The normalized spacial score (nSPS) is 24.2. The fourth-order valence-corrected chi connectivity index (χ4v) is 2.46. The average Bonchev–Trinajstić information content (AvgIpc) is 3.11. The number of hydrogen-bond donors (Lipinski definition) is 1. The van der Waals surface area contributed by atoms with Crippen molar-refractivity contribution < 1.29 is 9.13 Å². The molecule has 0 radical (unpaired) electrons. The highest BCUT2D eigenvalue weighted by atomic mass is 19.1. The van der Waals surface area contributed by atoms with Gasteiger partial charge in [0.1, 0.15) is 5.82 Å². The van der Waals surface area contributed by atoms with Gasteiger partial charge in [-0.15, -0.1) is 0 Å². The summed E-state index contributed by atoms with van der Waals surface area (Å²) in [4.78, 5) is 0. The molecule has 0 spiro atoms. The van der Waals surface area contributed by atoms with Crippen LogP contribution in [0, 0.1) is 5.82 Å². The number of halogens is 1. The largest absolute Gasteiger partial charge is 0.375 e. The molecule has 1 aliphatic heterocycles. The lowest BCUT2D eigenvalue weighted by Gasteiger charge is -2.26. The monoisotopic (exact) mass is 221 g/mol. The maximum Gasteiger partial charge on any atom is 0.128 e. The quantitative estimate of drug-likeness (QED) is 0.828. The molecule has 1 atom stereocenters. The molecule has 0 bridgehead atoms. The molecule has 0 amide bonds. The minimum absolute atomic E-state index is 0.00277. The topological polar surface area (TPSA) is 21.3 Å². The molecule has 86 valence electrons. The Morgan fingerprint density at radius 2 is 2.19 bits per heavy atom. The van der Waals surface area contributed by atoms with E-state index in [4.69, 9.17) is 4.74 Å². The van der Waals surface area contributed by atoms with Gasteiger partial charge in [0, 0.05) is 5.56 Å². The molecule has 1 N–H and O–H groups in total. The predicted molar refractivity (Wildman–Crippen MR) is 59.8 cm³/mol. The summed E-state index contributed by atoms with van der Waals surface area (Å²) < 4.78 is 19.5. The summed E-state index contributed by atoms with van der Waals surface area (Å²) in [5.74, 6) is 0.525. The molecule has 1 aromatic carbocycles. The minimum atomic E-state index is -0.0675. The first kappa shape index (κ1) is 10.2. The third-order valence-electron chi connectivity index (χ3n) is 3.53. The zero-order valence-electron chi connectivity index (χ0n) is 9.42. The van der Waals surface area contributed by atoms with Crippen molar-refractivity contribution in [1.82, 2.24) is 5.32 Å². The second-order valence-electron chi connectivity index (χ2n) is 4.71. The van der Waals surface area contributed by atoms with Crippen molar-refractivity contribution in [2.75, 3.05) is 13.7 Å². The summed E-state index contributed by atoms with van der Waals surface area (Å²) in [5.41, 5.74) is 2.97. The van der Waals surface area contributed by atoms with Crippen LogP contribution in [0.1, 0.15) is 41.5 Å². The van der Waals surface area contributed by atoms with E-state index >= 15 is 0 Å². The van der Waals surface area contributed by atoms with Crippen LogP contribution in [-0.4, -0.2) is 13.7 Å². The summed E-state index contributed by atoms with van der Waals surface area (Å²) in [6, 6.07) is 3.84. The van der Waals surface area contributed by atoms with Gasteiger partial charge in [0.2, 0.25) is 0 Å². The fraction of sp³-hybridized carbons (Fsp3) is 0.538. The molecule has 3 heteroatoms. The molecule has 0 saturated heterocycles. The van der Waals surface area contributed by atoms with Crippen molar-refractivity contribution in [2.45, 2.75) is 31.4 Å². The van der Waals surface area contributed by atoms with Crippen molar-refractivity contribution in [2.24, 2.45) is 0 Å². The zero-order valence-corrected chi connectivity index (χ0v) is 9.42. The molecular formula is C13H16FNO. The van der Waals surface area contributed by atoms with Crippen molar-refractivity contribution in [3.05, 3.63) is 34.6 Å². The number of benzene rings is 1. The molecule has 16 heavy (non-hydrogen) atoms. The Morgan fingerprint density at radius 3 is 2.88 bits per heavy atom. The standard InChI is InChI=1S/C13H16FNO/c1-15-12-7-16-6-10-4-9(8-2-3-8)5-11(14)13(10)12/h4-5,8,12,15H,2-3,6-7H2,1H3/t12-/m1/s1. The van der Waals surface area contributed by atoms with E-state index in [1.807, 2.05) is 7.05 Å². The van der Waals surface area contributed by atoms with Crippen molar-refractivity contribution in [1.29, 1.82) is 0 Å². The smallest absolute Gasteiger partial charge is 0.128 e. The molecule has 1 heterocycles. The number of hydrogen-bond acceptors (Lipinski definition) is 2. The molecule has 1 aliphatic carbocycles. The summed E-state index contributed by atoms with van der Waals surface area (Å²) in [5, 5.41) is 3.10. The molecule has 2 aliphatic rings. The van der Waals surface area contributed by atoms with Crippen molar-refractivity contribution >= 4 is 0 Å². The van der Waals surface area contributed by atoms with Gasteiger partial charge in [-0.1, -0.05) is 6.07 Å². The van der Waals surface area contributed by atoms with E-state index in [9.17, 15) is 4.39 Å². The SMILES string of the molecule is CN[C@@H]1COCc2cc(C3CC3)cc(F)c21. The average molecular weight is 221 g/mol. The van der Waals surface area contributed by atoms with E-state index in [2.05, 4.69) is 11.4 Å². The molecule has 0 unspecified atom stereocenters. The third-order valence-corrected chi connectivity index (χ3v) is 3.53. The predicted octanol–water partition coefficient (Wildman–Crippen LogP) is 2.49. The molecule has 1 saturated carbocycles. The lowest BCUT2D eigenvalue weighted by Crippen LogP contribution is -2.28. The fourth-order valence-electron chi connectivity index (χ4n) is 2.46. The number of ether oxygens (including phenoxy) is 1. The molecular weight excluding hydrogens is 205 g/mol. The van der Waals surface area contributed by atoms with Crippen LogP contribution in [0.2, 0.25) is 0 Å². The maximum absolute atomic E-state index is 14.1. The van der Waals surface area contributed by atoms with E-state index in [1.165, 1.54) is 12.8 Å². The van der Waals surface area contributed by atoms with Crippen LogP contribution in [0.3, 0.4) is 0 Å².